The molecule has 94 valence electrons. The molecular formula is C15H24N2. The van der Waals surface area contributed by atoms with E-state index >= 15 is 0 Å². The van der Waals surface area contributed by atoms with E-state index in [2.05, 4.69) is 31.0 Å². The minimum Gasteiger partial charge on any atom is -0.398 e. The van der Waals surface area contributed by atoms with Crippen LogP contribution in [0.2, 0.25) is 0 Å². The maximum Gasteiger partial charge on any atom is 0.0359 e. The summed E-state index contributed by atoms with van der Waals surface area (Å²) in [7, 11) is 2.21. The molecule has 2 heteroatoms. The van der Waals surface area contributed by atoms with E-state index in [4.69, 9.17) is 5.73 Å². The first-order valence-electron chi connectivity index (χ1n) is 6.68. The fourth-order valence-electron chi connectivity index (χ4n) is 2.86. The van der Waals surface area contributed by atoms with Crippen molar-refractivity contribution in [2.75, 3.05) is 19.3 Å². The molecule has 1 fully saturated rings. The Morgan fingerprint density at radius 2 is 2.00 bits per heavy atom. The predicted octanol–water partition coefficient (Wildman–Crippen LogP) is 3.20. The highest BCUT2D eigenvalue weighted by molar-refractivity contribution is 5.48. The van der Waals surface area contributed by atoms with Crippen LogP contribution < -0.4 is 5.73 Å². The van der Waals surface area contributed by atoms with Crippen LogP contribution in [0.15, 0.2) is 18.2 Å². The van der Waals surface area contributed by atoms with Crippen LogP contribution in [0.5, 0.6) is 0 Å². The van der Waals surface area contributed by atoms with E-state index < -0.39 is 0 Å². The van der Waals surface area contributed by atoms with E-state index in [1.54, 1.807) is 0 Å². The Bertz CT molecular complexity index is 367. The summed E-state index contributed by atoms with van der Waals surface area (Å²) < 4.78 is 0. The summed E-state index contributed by atoms with van der Waals surface area (Å²) in [5, 5.41) is 0. The molecule has 0 heterocycles. The van der Waals surface area contributed by atoms with Gasteiger partial charge in [0.15, 0.2) is 0 Å². The number of aryl methyl sites for hydroxylation is 1. The molecule has 0 saturated heterocycles. The minimum absolute atomic E-state index is 0.908. The molecule has 1 aromatic carbocycles. The molecule has 0 amide bonds. The van der Waals surface area contributed by atoms with Crippen LogP contribution in [0, 0.1) is 12.8 Å². The molecule has 0 radical (unpaired) electrons. The van der Waals surface area contributed by atoms with Crippen LogP contribution >= 0.6 is 0 Å². The van der Waals surface area contributed by atoms with Crippen LogP contribution in [0.25, 0.3) is 0 Å². The second kappa shape index (κ2) is 5.54. The van der Waals surface area contributed by atoms with Crippen molar-refractivity contribution in [2.24, 2.45) is 5.92 Å². The molecule has 1 aromatic rings. The smallest absolute Gasteiger partial charge is 0.0359 e. The van der Waals surface area contributed by atoms with Crippen molar-refractivity contribution in [3.63, 3.8) is 0 Å². The van der Waals surface area contributed by atoms with Crippen molar-refractivity contribution in [1.82, 2.24) is 4.90 Å². The van der Waals surface area contributed by atoms with E-state index in [9.17, 15) is 0 Å². The first-order chi connectivity index (χ1) is 8.15. The minimum atomic E-state index is 0.908. The number of nitrogen functional groups attached to an aromatic ring is 1. The fourth-order valence-corrected chi connectivity index (χ4v) is 2.86. The summed E-state index contributed by atoms with van der Waals surface area (Å²) >= 11 is 0. The van der Waals surface area contributed by atoms with Gasteiger partial charge in [0.05, 0.1) is 0 Å². The van der Waals surface area contributed by atoms with Gasteiger partial charge in [-0.1, -0.05) is 30.5 Å². The van der Waals surface area contributed by atoms with E-state index in [0.29, 0.717) is 0 Å². The van der Waals surface area contributed by atoms with Gasteiger partial charge < -0.3 is 10.6 Å². The van der Waals surface area contributed by atoms with Crippen molar-refractivity contribution >= 4 is 5.69 Å². The van der Waals surface area contributed by atoms with E-state index in [1.165, 1.54) is 43.4 Å². The van der Waals surface area contributed by atoms with Crippen LogP contribution in [-0.4, -0.2) is 18.5 Å². The zero-order chi connectivity index (χ0) is 12.3. The molecule has 0 aliphatic heterocycles. The third-order valence-corrected chi connectivity index (χ3v) is 3.78. The first kappa shape index (κ1) is 12.4. The Balaban J connectivity index is 1.92. The zero-order valence-corrected chi connectivity index (χ0v) is 11.1. The first-order valence-corrected chi connectivity index (χ1v) is 6.68. The molecule has 0 bridgehead atoms. The van der Waals surface area contributed by atoms with Crippen molar-refractivity contribution in [3.05, 3.63) is 29.3 Å². The van der Waals surface area contributed by atoms with Gasteiger partial charge in [-0.15, -0.1) is 0 Å². The highest BCUT2D eigenvalue weighted by Crippen LogP contribution is 2.26. The lowest BCUT2D eigenvalue weighted by molar-refractivity contribution is 0.271. The third kappa shape index (κ3) is 3.47. The standard InChI is InChI=1S/C15H24N2/c1-12-7-8-15(16)14(9-12)11-17(2)10-13-5-3-4-6-13/h7-9,13H,3-6,10-11,16H2,1-2H3. The van der Waals surface area contributed by atoms with E-state index in [-0.39, 0.29) is 0 Å². The molecule has 0 atom stereocenters. The van der Waals surface area contributed by atoms with Gasteiger partial charge in [-0.05, 0) is 44.4 Å². The van der Waals surface area contributed by atoms with Crippen LogP contribution in [0.1, 0.15) is 36.8 Å². The highest BCUT2D eigenvalue weighted by atomic mass is 15.1. The zero-order valence-electron chi connectivity index (χ0n) is 11.1. The summed E-state index contributed by atoms with van der Waals surface area (Å²) in [6.07, 6.45) is 5.66. The normalized spacial score (nSPS) is 16.9. The number of hydrogen-bond acceptors (Lipinski definition) is 2. The number of nitrogens with two attached hydrogens (primary N) is 1. The second-order valence-corrected chi connectivity index (χ2v) is 5.55. The van der Waals surface area contributed by atoms with Crippen molar-refractivity contribution in [2.45, 2.75) is 39.2 Å². The number of benzene rings is 1. The van der Waals surface area contributed by atoms with Gasteiger partial charge in [0.25, 0.3) is 0 Å². The van der Waals surface area contributed by atoms with Crippen LogP contribution in [0.3, 0.4) is 0 Å². The monoisotopic (exact) mass is 232 g/mol. The number of rotatable bonds is 4. The summed E-state index contributed by atoms with van der Waals surface area (Å²) in [5.41, 5.74) is 9.51. The predicted molar refractivity (Wildman–Crippen MR) is 73.9 cm³/mol. The Morgan fingerprint density at radius 1 is 1.29 bits per heavy atom. The lowest BCUT2D eigenvalue weighted by Crippen LogP contribution is -2.24. The average Bonchev–Trinajstić information content (AvgIpc) is 2.76. The topological polar surface area (TPSA) is 29.3 Å². The summed E-state index contributed by atoms with van der Waals surface area (Å²) in [5.74, 6) is 0.908. The molecule has 2 rings (SSSR count). The van der Waals surface area contributed by atoms with Crippen molar-refractivity contribution in [1.29, 1.82) is 0 Å². The molecule has 17 heavy (non-hydrogen) atoms. The Labute approximate surface area is 105 Å². The van der Waals surface area contributed by atoms with Crippen molar-refractivity contribution in [3.8, 4) is 0 Å². The molecular weight excluding hydrogens is 208 g/mol. The van der Waals surface area contributed by atoms with E-state index in [1.807, 2.05) is 6.07 Å². The quantitative estimate of drug-likeness (QED) is 0.808. The summed E-state index contributed by atoms with van der Waals surface area (Å²) in [6.45, 7) is 4.32. The van der Waals surface area contributed by atoms with Crippen LogP contribution in [-0.2, 0) is 6.54 Å². The van der Waals surface area contributed by atoms with Gasteiger partial charge in [-0.2, -0.15) is 0 Å². The molecule has 1 saturated carbocycles. The Kier molecular flexibility index (Phi) is 4.06. The second-order valence-electron chi connectivity index (χ2n) is 5.55. The molecule has 2 nitrogen and oxygen atoms in total. The van der Waals surface area contributed by atoms with Crippen LogP contribution in [0.4, 0.5) is 5.69 Å². The fraction of sp³-hybridized carbons (Fsp3) is 0.600. The van der Waals surface area contributed by atoms with Gasteiger partial charge in [-0.3, -0.25) is 0 Å². The lowest BCUT2D eigenvalue weighted by Gasteiger charge is -2.21. The summed E-state index contributed by atoms with van der Waals surface area (Å²) in [6, 6.07) is 6.31. The van der Waals surface area contributed by atoms with Gasteiger partial charge in [-0.25, -0.2) is 0 Å². The largest absolute Gasteiger partial charge is 0.398 e. The molecule has 2 N–H and O–H groups in total. The van der Waals surface area contributed by atoms with Gasteiger partial charge >= 0.3 is 0 Å². The van der Waals surface area contributed by atoms with Crippen molar-refractivity contribution < 1.29 is 0 Å². The molecule has 1 aliphatic carbocycles. The van der Waals surface area contributed by atoms with Gasteiger partial charge in [0, 0.05) is 18.8 Å². The third-order valence-electron chi connectivity index (χ3n) is 3.78. The average molecular weight is 232 g/mol. The molecule has 0 spiro atoms. The number of nitrogens with zero attached hydrogens (tertiary/aromatic N) is 1. The molecule has 1 aliphatic rings. The number of anilines is 1. The Morgan fingerprint density at radius 3 is 2.71 bits per heavy atom. The molecule has 0 aromatic heterocycles. The maximum absolute atomic E-state index is 6.02. The van der Waals surface area contributed by atoms with Gasteiger partial charge in [0.1, 0.15) is 0 Å². The van der Waals surface area contributed by atoms with Gasteiger partial charge in [0.2, 0.25) is 0 Å². The SMILES string of the molecule is Cc1ccc(N)c(CN(C)CC2CCCC2)c1. The summed E-state index contributed by atoms with van der Waals surface area (Å²) in [4.78, 5) is 2.42. The number of hydrogen-bond donors (Lipinski definition) is 1. The Hall–Kier alpha value is -1.02. The van der Waals surface area contributed by atoms with E-state index in [0.717, 1.165) is 18.2 Å². The maximum atomic E-state index is 6.02. The highest BCUT2D eigenvalue weighted by Gasteiger charge is 2.17. The lowest BCUT2D eigenvalue weighted by atomic mass is 10.1. The molecule has 0 unspecified atom stereocenters.